The van der Waals surface area contributed by atoms with Crippen molar-refractivity contribution in [3.05, 3.63) is 65.1 Å². The van der Waals surface area contributed by atoms with Gasteiger partial charge in [-0.25, -0.2) is 4.98 Å². The summed E-state index contributed by atoms with van der Waals surface area (Å²) in [6, 6.07) is 17.6. The molecule has 1 aliphatic rings. The molecule has 5 nitrogen and oxygen atoms in total. The largest absolute Gasteiger partial charge is 0.454 e. The monoisotopic (exact) mass is 347 g/mol. The van der Waals surface area contributed by atoms with Crippen molar-refractivity contribution in [2.45, 2.75) is 0 Å². The standard InChI is InChI=1S/C19H13N3O2S/c20-9-14(10-21-15-6-7-17-18(8-15)24-12-23-17)19-22-16(11-25-19)13-4-2-1-3-5-13/h1-8,10-11,21H,12H2/b14-10+. The minimum atomic E-state index is 0.236. The van der Waals surface area contributed by atoms with Crippen LogP contribution in [0.15, 0.2) is 60.1 Å². The summed E-state index contributed by atoms with van der Waals surface area (Å²) in [5.74, 6) is 1.42. The third-order valence-electron chi connectivity index (χ3n) is 3.68. The van der Waals surface area contributed by atoms with E-state index in [2.05, 4.69) is 16.4 Å². The second-order valence-electron chi connectivity index (χ2n) is 5.29. The fraction of sp³-hybridized carbons (Fsp3) is 0.0526. The Morgan fingerprint density at radius 2 is 2.00 bits per heavy atom. The molecule has 0 atom stereocenters. The number of nitriles is 1. The predicted molar refractivity (Wildman–Crippen MR) is 97.3 cm³/mol. The molecular formula is C19H13N3O2S. The van der Waals surface area contributed by atoms with E-state index in [1.165, 1.54) is 11.3 Å². The highest BCUT2D eigenvalue weighted by Crippen LogP contribution is 2.34. The van der Waals surface area contributed by atoms with Crippen molar-refractivity contribution in [3.8, 4) is 28.8 Å². The first kappa shape index (κ1) is 15.2. The van der Waals surface area contributed by atoms with Gasteiger partial charge in [0.2, 0.25) is 6.79 Å². The maximum Gasteiger partial charge on any atom is 0.231 e. The fourth-order valence-electron chi connectivity index (χ4n) is 2.42. The predicted octanol–water partition coefficient (Wildman–Crippen LogP) is 4.52. The molecule has 0 saturated heterocycles. The Kier molecular flexibility index (Phi) is 4.07. The highest BCUT2D eigenvalue weighted by Gasteiger charge is 2.13. The number of thiazole rings is 1. The number of aromatic nitrogens is 1. The van der Waals surface area contributed by atoms with Crippen molar-refractivity contribution in [1.82, 2.24) is 4.98 Å². The lowest BCUT2D eigenvalue weighted by Crippen LogP contribution is -1.93. The first-order valence-corrected chi connectivity index (χ1v) is 8.49. The molecule has 1 aromatic heterocycles. The Hall–Kier alpha value is -3.30. The van der Waals surface area contributed by atoms with Crippen LogP contribution in [-0.4, -0.2) is 11.8 Å². The van der Waals surface area contributed by atoms with Crippen molar-refractivity contribution in [1.29, 1.82) is 5.26 Å². The molecular weight excluding hydrogens is 334 g/mol. The van der Waals surface area contributed by atoms with Crippen LogP contribution in [0.3, 0.4) is 0 Å². The van der Waals surface area contributed by atoms with Crippen LogP contribution in [0.2, 0.25) is 0 Å². The molecule has 3 aromatic rings. The Labute approximate surface area is 148 Å². The van der Waals surface area contributed by atoms with Gasteiger partial charge < -0.3 is 14.8 Å². The van der Waals surface area contributed by atoms with Crippen molar-refractivity contribution in [2.24, 2.45) is 0 Å². The van der Waals surface area contributed by atoms with Crippen LogP contribution >= 0.6 is 11.3 Å². The molecule has 0 saturated carbocycles. The molecule has 0 fully saturated rings. The zero-order valence-electron chi connectivity index (χ0n) is 13.1. The SMILES string of the molecule is N#C/C(=C\Nc1ccc2c(c1)OCO2)c1nc(-c2ccccc2)cs1. The van der Waals surface area contributed by atoms with Crippen LogP contribution in [0.25, 0.3) is 16.8 Å². The fourth-order valence-corrected chi connectivity index (χ4v) is 3.22. The Morgan fingerprint density at radius 3 is 2.84 bits per heavy atom. The summed E-state index contributed by atoms with van der Waals surface area (Å²) >= 11 is 1.45. The van der Waals surface area contributed by atoms with Crippen LogP contribution < -0.4 is 14.8 Å². The maximum absolute atomic E-state index is 9.46. The molecule has 0 bridgehead atoms. The van der Waals surface area contributed by atoms with E-state index in [9.17, 15) is 5.26 Å². The minimum Gasteiger partial charge on any atom is -0.454 e. The Balaban J connectivity index is 1.55. The van der Waals surface area contributed by atoms with Crippen LogP contribution in [-0.2, 0) is 0 Å². The van der Waals surface area contributed by atoms with Crippen LogP contribution in [0.5, 0.6) is 11.5 Å². The molecule has 6 heteroatoms. The topological polar surface area (TPSA) is 67.2 Å². The molecule has 1 N–H and O–H groups in total. The third-order valence-corrected chi connectivity index (χ3v) is 4.56. The first-order valence-electron chi connectivity index (χ1n) is 7.61. The van der Waals surface area contributed by atoms with Crippen molar-refractivity contribution >= 4 is 22.6 Å². The van der Waals surface area contributed by atoms with E-state index in [1.807, 2.05) is 53.9 Å². The van der Waals surface area contributed by atoms with Gasteiger partial charge in [-0.3, -0.25) is 0 Å². The number of benzene rings is 2. The number of rotatable bonds is 4. The van der Waals surface area contributed by atoms with Gasteiger partial charge in [-0.2, -0.15) is 5.26 Å². The zero-order valence-corrected chi connectivity index (χ0v) is 13.9. The number of anilines is 1. The average molecular weight is 347 g/mol. The summed E-state index contributed by atoms with van der Waals surface area (Å²) < 4.78 is 10.6. The van der Waals surface area contributed by atoms with Gasteiger partial charge >= 0.3 is 0 Å². The smallest absolute Gasteiger partial charge is 0.231 e. The number of hydrogen-bond donors (Lipinski definition) is 1. The van der Waals surface area contributed by atoms with E-state index in [1.54, 1.807) is 6.20 Å². The molecule has 0 unspecified atom stereocenters. The minimum absolute atomic E-state index is 0.236. The second-order valence-corrected chi connectivity index (χ2v) is 6.14. The van der Waals surface area contributed by atoms with Crippen molar-refractivity contribution in [2.75, 3.05) is 12.1 Å². The maximum atomic E-state index is 9.46. The van der Waals surface area contributed by atoms with Gasteiger partial charge in [0, 0.05) is 28.9 Å². The van der Waals surface area contributed by atoms with E-state index in [0.717, 1.165) is 22.7 Å². The van der Waals surface area contributed by atoms with Crippen LogP contribution in [0.1, 0.15) is 5.01 Å². The normalized spacial score (nSPS) is 12.7. The van der Waals surface area contributed by atoms with Gasteiger partial charge in [-0.1, -0.05) is 30.3 Å². The molecule has 25 heavy (non-hydrogen) atoms. The summed E-state index contributed by atoms with van der Waals surface area (Å²) in [6.45, 7) is 0.236. The van der Waals surface area contributed by atoms with Gasteiger partial charge in [0.05, 0.1) is 5.69 Å². The molecule has 0 radical (unpaired) electrons. The number of fused-ring (bicyclic) bond motifs is 1. The molecule has 4 rings (SSSR count). The number of nitrogens with zero attached hydrogens (tertiary/aromatic N) is 2. The van der Waals surface area contributed by atoms with Crippen LogP contribution in [0.4, 0.5) is 5.69 Å². The molecule has 1 aliphatic heterocycles. The third kappa shape index (κ3) is 3.18. The van der Waals surface area contributed by atoms with Gasteiger partial charge in [0.15, 0.2) is 11.5 Å². The molecule has 122 valence electrons. The lowest BCUT2D eigenvalue weighted by atomic mass is 10.2. The molecule has 2 aromatic carbocycles. The molecule has 0 aliphatic carbocycles. The Morgan fingerprint density at radius 1 is 1.16 bits per heavy atom. The van der Waals surface area contributed by atoms with E-state index in [0.29, 0.717) is 16.3 Å². The summed E-state index contributed by atoms with van der Waals surface area (Å²) in [5, 5.41) is 15.2. The summed E-state index contributed by atoms with van der Waals surface area (Å²) in [5.41, 5.74) is 3.19. The summed E-state index contributed by atoms with van der Waals surface area (Å²) in [6.07, 6.45) is 1.66. The number of allylic oxidation sites excluding steroid dienone is 1. The highest BCUT2D eigenvalue weighted by molar-refractivity contribution is 7.11. The summed E-state index contributed by atoms with van der Waals surface area (Å²) in [4.78, 5) is 4.56. The van der Waals surface area contributed by atoms with Crippen LogP contribution in [0, 0.1) is 11.3 Å². The first-order chi connectivity index (χ1) is 12.3. The zero-order chi connectivity index (χ0) is 17.1. The Bertz CT molecular complexity index is 974. The average Bonchev–Trinajstić information content (AvgIpc) is 3.32. The van der Waals surface area contributed by atoms with E-state index in [-0.39, 0.29) is 6.79 Å². The summed E-state index contributed by atoms with van der Waals surface area (Å²) in [7, 11) is 0. The second kappa shape index (κ2) is 6.67. The number of hydrogen-bond acceptors (Lipinski definition) is 6. The van der Waals surface area contributed by atoms with Gasteiger partial charge in [0.1, 0.15) is 16.6 Å². The van der Waals surface area contributed by atoms with E-state index >= 15 is 0 Å². The van der Waals surface area contributed by atoms with Gasteiger partial charge in [-0.05, 0) is 12.1 Å². The highest BCUT2D eigenvalue weighted by atomic mass is 32.1. The quantitative estimate of drug-likeness (QED) is 0.703. The van der Waals surface area contributed by atoms with Gasteiger partial charge in [0.25, 0.3) is 0 Å². The van der Waals surface area contributed by atoms with E-state index < -0.39 is 0 Å². The molecule has 0 spiro atoms. The lowest BCUT2D eigenvalue weighted by Gasteiger charge is -2.03. The van der Waals surface area contributed by atoms with Gasteiger partial charge in [-0.15, -0.1) is 11.3 Å². The molecule has 2 heterocycles. The number of ether oxygens (including phenoxy) is 2. The number of nitrogens with one attached hydrogen (secondary N) is 1. The molecule has 0 amide bonds. The lowest BCUT2D eigenvalue weighted by molar-refractivity contribution is 0.174. The van der Waals surface area contributed by atoms with E-state index in [4.69, 9.17) is 9.47 Å². The van der Waals surface area contributed by atoms with Crippen molar-refractivity contribution < 1.29 is 9.47 Å². The van der Waals surface area contributed by atoms with Crippen molar-refractivity contribution in [3.63, 3.8) is 0 Å².